The predicted molar refractivity (Wildman–Crippen MR) is 121 cm³/mol. The Morgan fingerprint density at radius 2 is 2.03 bits per heavy atom. The number of allylic oxidation sites excluding steroid dienone is 3. The number of nitrogens with two attached hydrogens (primary N) is 1. The molecule has 1 fully saturated rings. The van der Waals surface area contributed by atoms with Gasteiger partial charge in [-0.25, -0.2) is 13.2 Å². The minimum absolute atomic E-state index is 0.123. The molecule has 0 spiro atoms. The van der Waals surface area contributed by atoms with Gasteiger partial charge < -0.3 is 20.1 Å². The normalized spacial score (nSPS) is 21.3. The van der Waals surface area contributed by atoms with Crippen molar-refractivity contribution in [2.45, 2.75) is 25.4 Å². The van der Waals surface area contributed by atoms with E-state index in [1.807, 2.05) is 0 Å². The van der Waals surface area contributed by atoms with E-state index in [0.717, 1.165) is 0 Å². The quantitative estimate of drug-likeness (QED) is 0.316. The first-order valence-electron chi connectivity index (χ1n) is 10.8. The molecule has 1 aromatic carbocycles. The number of aliphatic imine (C=N–C) groups is 1. The van der Waals surface area contributed by atoms with Gasteiger partial charge in [0.2, 0.25) is 0 Å². The third-order valence-electron chi connectivity index (χ3n) is 5.62. The number of amides is 1. The SMILES string of the molecule is COc1ccc(Cl)cc1C(=O)N1CCC[C@H](C(N)=NCC(=O)COC2=C(F)C(F)CC(F)=C2F)C1. The molecule has 2 aliphatic rings. The van der Waals surface area contributed by atoms with Crippen LogP contribution in [0.4, 0.5) is 17.6 Å². The van der Waals surface area contributed by atoms with E-state index in [2.05, 4.69) is 9.73 Å². The van der Waals surface area contributed by atoms with Crippen molar-refractivity contribution in [2.75, 3.05) is 33.4 Å². The topological polar surface area (TPSA) is 94.2 Å². The highest BCUT2D eigenvalue weighted by molar-refractivity contribution is 6.31. The molecule has 12 heteroatoms. The smallest absolute Gasteiger partial charge is 0.257 e. The molecule has 1 amide bonds. The Morgan fingerprint density at radius 1 is 1.29 bits per heavy atom. The Labute approximate surface area is 204 Å². The van der Waals surface area contributed by atoms with Crippen LogP contribution in [0.15, 0.2) is 46.4 Å². The highest BCUT2D eigenvalue weighted by Crippen LogP contribution is 2.35. The number of ketones is 1. The van der Waals surface area contributed by atoms with Gasteiger partial charge in [0.15, 0.2) is 29.4 Å². The number of hydrogen-bond acceptors (Lipinski definition) is 5. The number of ether oxygens (including phenoxy) is 2. The Kier molecular flexibility index (Phi) is 8.76. The number of nitrogens with zero attached hydrogens (tertiary/aromatic N) is 2. The molecule has 2 atom stereocenters. The van der Waals surface area contributed by atoms with Crippen molar-refractivity contribution in [2.24, 2.45) is 16.6 Å². The number of piperidine rings is 1. The summed E-state index contributed by atoms with van der Waals surface area (Å²) in [5.74, 6) is -6.86. The molecule has 7 nitrogen and oxygen atoms in total. The molecule has 0 bridgehead atoms. The molecule has 190 valence electrons. The number of halogens is 5. The number of amidine groups is 1. The van der Waals surface area contributed by atoms with E-state index in [9.17, 15) is 27.2 Å². The lowest BCUT2D eigenvalue weighted by molar-refractivity contribution is -0.121. The maximum absolute atomic E-state index is 13.7. The monoisotopic (exact) mass is 517 g/mol. The summed E-state index contributed by atoms with van der Waals surface area (Å²) in [4.78, 5) is 30.7. The highest BCUT2D eigenvalue weighted by Gasteiger charge is 2.33. The zero-order valence-corrected chi connectivity index (χ0v) is 19.6. The second-order valence-corrected chi connectivity index (χ2v) is 8.51. The van der Waals surface area contributed by atoms with Crippen LogP contribution >= 0.6 is 11.6 Å². The number of hydrogen-bond donors (Lipinski definition) is 1. The van der Waals surface area contributed by atoms with E-state index in [4.69, 9.17) is 22.1 Å². The predicted octanol–water partition coefficient (Wildman–Crippen LogP) is 4.22. The maximum Gasteiger partial charge on any atom is 0.257 e. The molecule has 2 N–H and O–H groups in total. The van der Waals surface area contributed by atoms with E-state index < -0.39 is 54.8 Å². The maximum atomic E-state index is 13.7. The molecule has 1 aliphatic carbocycles. The first-order chi connectivity index (χ1) is 16.6. The second kappa shape index (κ2) is 11.6. The third kappa shape index (κ3) is 6.33. The van der Waals surface area contributed by atoms with Crippen molar-refractivity contribution in [3.8, 4) is 5.75 Å². The van der Waals surface area contributed by atoms with Crippen molar-refractivity contribution in [3.05, 3.63) is 52.0 Å². The standard InChI is InChI=1S/C23H24ClF4N3O4/c1-34-18-5-4-13(24)7-15(18)23(33)31-6-2-3-12(10-31)22(29)30-9-14(32)11-35-21-19(27)16(25)8-17(26)20(21)28/h4-5,7,12,16H,2-3,6,8-11H2,1H3,(H2,29,30)/t12-,16?/m0/s1. The van der Waals surface area contributed by atoms with Crippen LogP contribution in [0, 0.1) is 5.92 Å². The van der Waals surface area contributed by atoms with Crippen LogP contribution in [0.3, 0.4) is 0 Å². The Morgan fingerprint density at radius 3 is 2.74 bits per heavy atom. The lowest BCUT2D eigenvalue weighted by Gasteiger charge is -2.32. The van der Waals surface area contributed by atoms with Gasteiger partial charge in [-0.15, -0.1) is 0 Å². The van der Waals surface area contributed by atoms with Crippen LogP contribution < -0.4 is 10.5 Å². The van der Waals surface area contributed by atoms with Crippen molar-refractivity contribution in [3.63, 3.8) is 0 Å². The molecule has 3 rings (SSSR count). The summed E-state index contributed by atoms with van der Waals surface area (Å²) in [7, 11) is 1.45. The van der Waals surface area contributed by atoms with Gasteiger partial charge in [0.25, 0.3) is 5.91 Å². The second-order valence-electron chi connectivity index (χ2n) is 8.07. The van der Waals surface area contributed by atoms with Crippen molar-refractivity contribution in [1.82, 2.24) is 4.90 Å². The van der Waals surface area contributed by atoms with E-state index in [1.54, 1.807) is 17.0 Å². The fourth-order valence-electron chi connectivity index (χ4n) is 3.77. The van der Waals surface area contributed by atoms with Crippen LogP contribution in [0.5, 0.6) is 5.75 Å². The summed E-state index contributed by atoms with van der Waals surface area (Å²) in [6.07, 6.45) is -2.18. The lowest BCUT2D eigenvalue weighted by atomic mass is 9.96. The minimum Gasteiger partial charge on any atom is -0.496 e. The van der Waals surface area contributed by atoms with Crippen LogP contribution in [-0.4, -0.2) is 61.9 Å². The summed E-state index contributed by atoms with van der Waals surface area (Å²) >= 11 is 6.02. The minimum atomic E-state index is -2.38. The van der Waals surface area contributed by atoms with Gasteiger partial charge in [0.1, 0.15) is 24.7 Å². The molecular formula is C23H24ClF4N3O4. The number of rotatable bonds is 8. The Balaban J connectivity index is 1.59. The molecule has 1 unspecified atom stereocenters. The number of Topliss-reactive ketones (excluding diaryl/α,β-unsaturated/α-hetero) is 1. The van der Waals surface area contributed by atoms with E-state index in [1.165, 1.54) is 13.2 Å². The van der Waals surface area contributed by atoms with Crippen molar-refractivity contribution in [1.29, 1.82) is 0 Å². The number of benzene rings is 1. The van der Waals surface area contributed by atoms with E-state index >= 15 is 0 Å². The van der Waals surface area contributed by atoms with Gasteiger partial charge in [-0.3, -0.25) is 14.6 Å². The zero-order chi connectivity index (χ0) is 25.7. The molecule has 1 aliphatic heterocycles. The summed E-state index contributed by atoms with van der Waals surface area (Å²) < 4.78 is 64.0. The first kappa shape index (κ1) is 26.5. The molecule has 1 saturated heterocycles. The number of alkyl halides is 1. The molecular weight excluding hydrogens is 494 g/mol. The average molecular weight is 518 g/mol. The first-order valence-corrected chi connectivity index (χ1v) is 11.2. The van der Waals surface area contributed by atoms with Crippen molar-refractivity contribution >= 4 is 29.1 Å². The van der Waals surface area contributed by atoms with Gasteiger partial charge in [-0.2, -0.15) is 4.39 Å². The van der Waals surface area contributed by atoms with Crippen molar-refractivity contribution < 1.29 is 36.6 Å². The largest absolute Gasteiger partial charge is 0.496 e. The summed E-state index contributed by atoms with van der Waals surface area (Å²) in [5, 5.41) is 0.383. The molecule has 0 saturated carbocycles. The van der Waals surface area contributed by atoms with Crippen LogP contribution in [0.25, 0.3) is 0 Å². The number of likely N-dealkylation sites (tertiary alicyclic amines) is 1. The molecule has 0 radical (unpaired) electrons. The summed E-state index contributed by atoms with van der Waals surface area (Å²) in [6, 6.07) is 4.72. The summed E-state index contributed by atoms with van der Waals surface area (Å²) in [6.45, 7) is -0.590. The number of carbonyl (C=O) groups is 2. The van der Waals surface area contributed by atoms with Gasteiger partial charge >= 0.3 is 0 Å². The number of methoxy groups -OCH3 is 1. The van der Waals surface area contributed by atoms with Gasteiger partial charge in [0, 0.05) is 30.5 Å². The fraction of sp³-hybridized carbons (Fsp3) is 0.435. The average Bonchev–Trinajstić information content (AvgIpc) is 2.85. The van der Waals surface area contributed by atoms with Gasteiger partial charge in [-0.1, -0.05) is 11.6 Å². The Bertz CT molecular complexity index is 1090. The lowest BCUT2D eigenvalue weighted by Crippen LogP contribution is -2.44. The van der Waals surface area contributed by atoms with E-state index in [-0.39, 0.29) is 24.2 Å². The van der Waals surface area contributed by atoms with Crippen LogP contribution in [-0.2, 0) is 9.53 Å². The molecule has 1 aromatic rings. The fourth-order valence-corrected chi connectivity index (χ4v) is 3.94. The van der Waals surface area contributed by atoms with Gasteiger partial charge in [-0.05, 0) is 31.0 Å². The summed E-state index contributed by atoms with van der Waals surface area (Å²) in [5.41, 5.74) is 6.34. The molecule has 1 heterocycles. The van der Waals surface area contributed by atoms with Crippen LogP contribution in [0.2, 0.25) is 5.02 Å². The van der Waals surface area contributed by atoms with Gasteiger partial charge in [0.05, 0.1) is 18.5 Å². The molecule has 0 aromatic heterocycles. The van der Waals surface area contributed by atoms with E-state index in [0.29, 0.717) is 35.7 Å². The third-order valence-corrected chi connectivity index (χ3v) is 5.86. The highest BCUT2D eigenvalue weighted by atomic mass is 35.5. The Hall–Kier alpha value is -3.08. The number of carbonyl (C=O) groups excluding carboxylic acids is 2. The van der Waals surface area contributed by atoms with Crippen LogP contribution in [0.1, 0.15) is 29.6 Å². The zero-order valence-electron chi connectivity index (χ0n) is 18.8. The molecule has 35 heavy (non-hydrogen) atoms.